The van der Waals surface area contributed by atoms with E-state index in [1.54, 1.807) is 17.0 Å². The van der Waals surface area contributed by atoms with Crippen molar-refractivity contribution in [3.63, 3.8) is 0 Å². The molecule has 2 atom stereocenters. The van der Waals surface area contributed by atoms with Crippen LogP contribution in [-0.4, -0.2) is 53.7 Å². The van der Waals surface area contributed by atoms with Crippen LogP contribution in [-0.2, 0) is 16.1 Å². The molecule has 0 unspecified atom stereocenters. The third-order valence-corrected chi connectivity index (χ3v) is 6.89. The molecule has 9 heteroatoms. The van der Waals surface area contributed by atoms with Gasteiger partial charge in [-0.1, -0.05) is 36.4 Å². The Morgan fingerprint density at radius 2 is 1.89 bits per heavy atom. The molecule has 1 aromatic heterocycles. The van der Waals surface area contributed by atoms with Gasteiger partial charge in [-0.25, -0.2) is 9.18 Å². The van der Waals surface area contributed by atoms with Crippen molar-refractivity contribution in [2.75, 3.05) is 30.0 Å². The fraction of sp³-hybridized carbons (Fsp3) is 0.414. The second-order valence-corrected chi connectivity index (χ2v) is 11.1. The van der Waals surface area contributed by atoms with Gasteiger partial charge in [-0.15, -0.1) is 10.2 Å². The van der Waals surface area contributed by atoms with Gasteiger partial charge in [0.25, 0.3) is 0 Å². The predicted molar refractivity (Wildman–Crippen MR) is 143 cm³/mol. The van der Waals surface area contributed by atoms with Gasteiger partial charge < -0.3 is 19.1 Å². The average Bonchev–Trinajstić information content (AvgIpc) is 3.23. The van der Waals surface area contributed by atoms with Crippen molar-refractivity contribution in [1.29, 1.82) is 0 Å². The number of benzene rings is 2. The first kappa shape index (κ1) is 25.9. The second kappa shape index (κ2) is 9.87. The number of hydrogen-bond donors (Lipinski definition) is 0. The summed E-state index contributed by atoms with van der Waals surface area (Å²) in [5.74, 6) is 0.00894. The molecule has 3 heterocycles. The van der Waals surface area contributed by atoms with E-state index in [9.17, 15) is 9.18 Å². The minimum atomic E-state index is -0.672. The molecule has 2 aliphatic heterocycles. The Morgan fingerprint density at radius 3 is 2.61 bits per heavy atom. The molecule has 38 heavy (non-hydrogen) atoms. The standard InChI is InChI=1S/C29H33FN4O4/c1-28(2,3)38-27(35)33-18-29(4)15-20(37-17-19-10-7-6-8-11-19)16-34(29)24-14-23(31-32-26(24)33)21-12-9-13-22(30)25(21)36-5/h6-14,20H,15-18H2,1-5H3/t20-,29-/m1/s1. The highest BCUT2D eigenvalue weighted by Crippen LogP contribution is 2.46. The van der Waals surface area contributed by atoms with Gasteiger partial charge in [0.1, 0.15) is 5.60 Å². The van der Waals surface area contributed by atoms with Crippen LogP contribution in [0.25, 0.3) is 11.3 Å². The lowest BCUT2D eigenvalue weighted by Crippen LogP contribution is -2.57. The number of carbonyl (C=O) groups is 1. The molecule has 200 valence electrons. The maximum atomic E-state index is 14.5. The maximum Gasteiger partial charge on any atom is 0.416 e. The average molecular weight is 521 g/mol. The summed E-state index contributed by atoms with van der Waals surface area (Å²) >= 11 is 0. The number of rotatable bonds is 5. The number of halogens is 1. The fourth-order valence-corrected chi connectivity index (χ4v) is 5.23. The molecule has 0 spiro atoms. The molecule has 0 radical (unpaired) electrons. The third kappa shape index (κ3) is 5.03. The Bertz CT molecular complexity index is 1330. The van der Waals surface area contributed by atoms with Crippen LogP contribution in [0.2, 0.25) is 0 Å². The van der Waals surface area contributed by atoms with Crippen molar-refractivity contribution >= 4 is 17.6 Å². The lowest BCUT2D eigenvalue weighted by atomic mass is 9.94. The van der Waals surface area contributed by atoms with Gasteiger partial charge in [0.05, 0.1) is 43.3 Å². The van der Waals surface area contributed by atoms with E-state index in [0.717, 1.165) is 5.56 Å². The van der Waals surface area contributed by atoms with Gasteiger partial charge in [0.15, 0.2) is 17.4 Å². The van der Waals surface area contributed by atoms with Crippen LogP contribution in [0, 0.1) is 5.82 Å². The molecule has 2 aromatic carbocycles. The van der Waals surface area contributed by atoms with Crippen LogP contribution in [0.5, 0.6) is 5.75 Å². The van der Waals surface area contributed by atoms with E-state index in [4.69, 9.17) is 14.2 Å². The number of amides is 1. The van der Waals surface area contributed by atoms with Gasteiger partial charge in [-0.3, -0.25) is 4.90 Å². The molecular weight excluding hydrogens is 487 g/mol. The van der Waals surface area contributed by atoms with E-state index in [0.29, 0.717) is 48.9 Å². The molecule has 0 N–H and O–H groups in total. The smallest absolute Gasteiger partial charge is 0.416 e. The van der Waals surface area contributed by atoms with E-state index < -0.39 is 23.1 Å². The number of hydrogen-bond acceptors (Lipinski definition) is 7. The molecule has 0 bridgehead atoms. The summed E-state index contributed by atoms with van der Waals surface area (Å²) in [6.07, 6.45) is 0.158. The molecule has 1 saturated heterocycles. The lowest BCUT2D eigenvalue weighted by Gasteiger charge is -2.45. The van der Waals surface area contributed by atoms with Crippen LogP contribution in [0.1, 0.15) is 39.7 Å². The summed E-state index contributed by atoms with van der Waals surface area (Å²) < 4.78 is 31.9. The first-order chi connectivity index (χ1) is 18.1. The molecule has 3 aromatic rings. The minimum absolute atomic E-state index is 0.0630. The van der Waals surface area contributed by atoms with Crippen molar-refractivity contribution < 1.29 is 23.4 Å². The lowest BCUT2D eigenvalue weighted by molar-refractivity contribution is 0.0484. The molecular formula is C29H33FN4O4. The first-order valence-corrected chi connectivity index (χ1v) is 12.7. The zero-order valence-corrected chi connectivity index (χ0v) is 22.4. The summed E-state index contributed by atoms with van der Waals surface area (Å²) in [5.41, 5.74) is 1.64. The third-order valence-electron chi connectivity index (χ3n) is 6.89. The van der Waals surface area contributed by atoms with Gasteiger partial charge in [-0.05, 0) is 57.9 Å². The molecule has 1 amide bonds. The summed E-state index contributed by atoms with van der Waals surface area (Å²) in [6.45, 7) is 9.09. The van der Waals surface area contributed by atoms with E-state index in [-0.39, 0.29) is 11.9 Å². The number of aromatic nitrogens is 2. The largest absolute Gasteiger partial charge is 0.493 e. The van der Waals surface area contributed by atoms with Crippen molar-refractivity contribution in [3.8, 4) is 17.0 Å². The number of methoxy groups -OCH3 is 1. The number of para-hydroxylation sites is 1. The Labute approximate surface area is 222 Å². The maximum absolute atomic E-state index is 14.5. The highest BCUT2D eigenvalue weighted by Gasteiger charge is 2.50. The van der Waals surface area contributed by atoms with Crippen molar-refractivity contribution in [2.24, 2.45) is 0 Å². The Morgan fingerprint density at radius 1 is 1.13 bits per heavy atom. The predicted octanol–water partition coefficient (Wildman–Crippen LogP) is 5.60. The number of fused-ring (bicyclic) bond motifs is 3. The number of anilines is 2. The van der Waals surface area contributed by atoms with Crippen LogP contribution in [0.3, 0.4) is 0 Å². The van der Waals surface area contributed by atoms with Crippen LogP contribution < -0.4 is 14.5 Å². The molecule has 2 aliphatic rings. The molecule has 1 fully saturated rings. The topological polar surface area (TPSA) is 77.0 Å². The minimum Gasteiger partial charge on any atom is -0.493 e. The number of nitrogens with zero attached hydrogens (tertiary/aromatic N) is 4. The van der Waals surface area contributed by atoms with Crippen LogP contribution >= 0.6 is 0 Å². The van der Waals surface area contributed by atoms with E-state index in [1.807, 2.05) is 57.2 Å². The number of carbonyl (C=O) groups excluding carboxylic acids is 1. The van der Waals surface area contributed by atoms with E-state index in [1.165, 1.54) is 13.2 Å². The second-order valence-electron chi connectivity index (χ2n) is 11.1. The zero-order valence-electron chi connectivity index (χ0n) is 22.4. The molecule has 5 rings (SSSR count). The molecule has 0 saturated carbocycles. The SMILES string of the molecule is COc1c(F)cccc1-c1cc2c(nn1)N(C(=O)OC(C)(C)C)C[C@@]1(C)C[C@@H](OCc3ccccc3)CN21. The van der Waals surface area contributed by atoms with Gasteiger partial charge in [0.2, 0.25) is 0 Å². The van der Waals surface area contributed by atoms with Crippen molar-refractivity contribution in [1.82, 2.24) is 10.2 Å². The normalized spacial score (nSPS) is 20.6. The van der Waals surface area contributed by atoms with Gasteiger partial charge in [-0.2, -0.15) is 0 Å². The zero-order chi connectivity index (χ0) is 27.1. The first-order valence-electron chi connectivity index (χ1n) is 12.7. The van der Waals surface area contributed by atoms with Crippen LogP contribution in [0.4, 0.5) is 20.7 Å². The molecule has 0 aliphatic carbocycles. The monoisotopic (exact) mass is 520 g/mol. The van der Waals surface area contributed by atoms with E-state index in [2.05, 4.69) is 22.0 Å². The highest BCUT2D eigenvalue weighted by molar-refractivity contribution is 5.93. The Balaban J connectivity index is 1.52. The van der Waals surface area contributed by atoms with Gasteiger partial charge in [0, 0.05) is 12.1 Å². The Kier molecular flexibility index (Phi) is 6.73. The number of ether oxygens (including phenoxy) is 3. The molecule has 8 nitrogen and oxygen atoms in total. The van der Waals surface area contributed by atoms with Crippen molar-refractivity contribution in [2.45, 2.75) is 58.0 Å². The summed E-state index contributed by atoms with van der Waals surface area (Å²) in [4.78, 5) is 17.1. The van der Waals surface area contributed by atoms with E-state index >= 15 is 0 Å². The summed E-state index contributed by atoms with van der Waals surface area (Å²) in [5, 5.41) is 8.83. The fourth-order valence-electron chi connectivity index (χ4n) is 5.23. The quantitative estimate of drug-likeness (QED) is 0.433. The van der Waals surface area contributed by atoms with Gasteiger partial charge >= 0.3 is 6.09 Å². The highest BCUT2D eigenvalue weighted by atomic mass is 19.1. The van der Waals surface area contributed by atoms with Crippen molar-refractivity contribution in [3.05, 3.63) is 66.0 Å². The van der Waals surface area contributed by atoms with Crippen LogP contribution in [0.15, 0.2) is 54.6 Å². The Hall–Kier alpha value is -3.72. The summed E-state index contributed by atoms with van der Waals surface area (Å²) in [6, 6.07) is 16.6. The summed E-state index contributed by atoms with van der Waals surface area (Å²) in [7, 11) is 1.42.